The van der Waals surface area contributed by atoms with E-state index >= 15 is 0 Å². The third-order valence-corrected chi connectivity index (χ3v) is 2.10. The van der Waals surface area contributed by atoms with Gasteiger partial charge in [0.2, 0.25) is 0 Å². The van der Waals surface area contributed by atoms with Crippen LogP contribution in [-0.4, -0.2) is 10.1 Å². The predicted octanol–water partition coefficient (Wildman–Crippen LogP) is 2.94. The first-order valence-electron chi connectivity index (χ1n) is 5.12. The van der Waals surface area contributed by atoms with Gasteiger partial charge in [-0.1, -0.05) is 25.1 Å². The molecule has 0 aromatic carbocycles. The van der Waals surface area contributed by atoms with Crippen LogP contribution < -0.4 is 0 Å². The highest BCUT2D eigenvalue weighted by Gasteiger charge is 2.08. The van der Waals surface area contributed by atoms with Gasteiger partial charge in [0.15, 0.2) is 0 Å². The van der Waals surface area contributed by atoms with Crippen molar-refractivity contribution in [3.8, 4) is 11.4 Å². The molecule has 2 aromatic rings. The van der Waals surface area contributed by atoms with Gasteiger partial charge in [0.25, 0.3) is 0 Å². The van der Waals surface area contributed by atoms with Crippen LogP contribution in [0.1, 0.15) is 19.6 Å². The van der Waals surface area contributed by atoms with Crippen LogP contribution in [0.25, 0.3) is 11.4 Å². The van der Waals surface area contributed by atoms with E-state index in [4.69, 9.17) is 4.52 Å². The average Bonchev–Trinajstić information content (AvgIpc) is 2.67. The lowest BCUT2D eigenvalue weighted by molar-refractivity contribution is 0.370. The van der Waals surface area contributed by atoms with E-state index in [2.05, 4.69) is 24.0 Å². The minimum atomic E-state index is 0.578. The van der Waals surface area contributed by atoms with Crippen molar-refractivity contribution < 1.29 is 4.52 Å². The molecule has 2 rings (SSSR count). The lowest BCUT2D eigenvalue weighted by Crippen LogP contribution is -1.90. The molecule has 0 N–H and O–H groups in total. The first kappa shape index (κ1) is 9.90. The maximum atomic E-state index is 5.24. The van der Waals surface area contributed by atoms with Gasteiger partial charge in [-0.25, -0.2) is 0 Å². The molecule has 0 saturated carbocycles. The smallest absolute Gasteiger partial charge is 0.137 e. The van der Waals surface area contributed by atoms with E-state index in [1.54, 1.807) is 6.20 Å². The van der Waals surface area contributed by atoms with Gasteiger partial charge in [-0.3, -0.25) is 4.98 Å². The molecule has 0 amide bonds. The van der Waals surface area contributed by atoms with E-state index in [1.165, 1.54) is 0 Å². The summed E-state index contributed by atoms with van der Waals surface area (Å²) in [6.07, 6.45) is 2.67. The summed E-state index contributed by atoms with van der Waals surface area (Å²) in [6.45, 7) is 4.31. The summed E-state index contributed by atoms with van der Waals surface area (Å²) in [5, 5.41) is 4.00. The summed E-state index contributed by atoms with van der Waals surface area (Å²) < 4.78 is 5.24. The van der Waals surface area contributed by atoms with Crippen molar-refractivity contribution in [2.75, 3.05) is 0 Å². The molecule has 0 radical (unpaired) electrons. The number of rotatable bonds is 3. The Morgan fingerprint density at radius 3 is 2.80 bits per heavy atom. The van der Waals surface area contributed by atoms with Crippen LogP contribution >= 0.6 is 0 Å². The standard InChI is InChI=1S/C12H14N2O/c1-9(2)7-10-8-12(14-15-10)11-5-3-4-6-13-11/h3-6,8-9H,7H2,1-2H3. The Kier molecular flexibility index (Phi) is 2.81. The topological polar surface area (TPSA) is 38.9 Å². The zero-order valence-electron chi connectivity index (χ0n) is 8.97. The number of aromatic nitrogens is 2. The molecule has 15 heavy (non-hydrogen) atoms. The summed E-state index contributed by atoms with van der Waals surface area (Å²) in [4.78, 5) is 4.22. The summed E-state index contributed by atoms with van der Waals surface area (Å²) in [6, 6.07) is 7.72. The number of pyridine rings is 1. The fourth-order valence-corrected chi connectivity index (χ4v) is 1.45. The molecule has 0 aliphatic rings. The molecular formula is C12H14N2O. The monoisotopic (exact) mass is 202 g/mol. The van der Waals surface area contributed by atoms with Crippen LogP contribution in [0, 0.1) is 5.92 Å². The summed E-state index contributed by atoms with van der Waals surface area (Å²) in [5.74, 6) is 1.50. The maximum absolute atomic E-state index is 5.24. The highest BCUT2D eigenvalue weighted by molar-refractivity contribution is 5.52. The third kappa shape index (κ3) is 2.43. The van der Waals surface area contributed by atoms with E-state index in [1.807, 2.05) is 24.3 Å². The minimum Gasteiger partial charge on any atom is -0.361 e. The van der Waals surface area contributed by atoms with Crippen LogP contribution in [0.5, 0.6) is 0 Å². The second-order valence-electron chi connectivity index (χ2n) is 3.99. The van der Waals surface area contributed by atoms with E-state index in [9.17, 15) is 0 Å². The van der Waals surface area contributed by atoms with Crippen LogP contribution in [0.2, 0.25) is 0 Å². The number of hydrogen-bond donors (Lipinski definition) is 0. The largest absolute Gasteiger partial charge is 0.361 e. The third-order valence-electron chi connectivity index (χ3n) is 2.10. The Morgan fingerprint density at radius 2 is 2.13 bits per heavy atom. The van der Waals surface area contributed by atoms with E-state index in [0.29, 0.717) is 5.92 Å². The first-order chi connectivity index (χ1) is 7.25. The van der Waals surface area contributed by atoms with Gasteiger partial charge in [-0.2, -0.15) is 0 Å². The second kappa shape index (κ2) is 4.26. The fraction of sp³-hybridized carbons (Fsp3) is 0.333. The van der Waals surface area contributed by atoms with Crippen molar-refractivity contribution in [2.45, 2.75) is 20.3 Å². The molecule has 0 aliphatic heterocycles. The Labute approximate surface area is 89.1 Å². The van der Waals surface area contributed by atoms with E-state index in [0.717, 1.165) is 23.6 Å². The molecule has 0 saturated heterocycles. The average molecular weight is 202 g/mol. The second-order valence-corrected chi connectivity index (χ2v) is 3.99. The first-order valence-corrected chi connectivity index (χ1v) is 5.12. The molecular weight excluding hydrogens is 188 g/mol. The maximum Gasteiger partial charge on any atom is 0.137 e. The van der Waals surface area contributed by atoms with Gasteiger partial charge in [0.05, 0.1) is 5.69 Å². The summed E-state index contributed by atoms with van der Waals surface area (Å²) in [7, 11) is 0. The van der Waals surface area contributed by atoms with Gasteiger partial charge in [0.1, 0.15) is 11.5 Å². The van der Waals surface area contributed by atoms with Gasteiger partial charge in [-0.05, 0) is 18.1 Å². The van der Waals surface area contributed by atoms with Crippen molar-refractivity contribution in [1.82, 2.24) is 10.1 Å². The van der Waals surface area contributed by atoms with Crippen LogP contribution in [0.4, 0.5) is 0 Å². The molecule has 78 valence electrons. The summed E-state index contributed by atoms with van der Waals surface area (Å²) in [5.41, 5.74) is 1.67. The normalized spacial score (nSPS) is 10.9. The van der Waals surface area contributed by atoms with Crippen LogP contribution in [0.3, 0.4) is 0 Å². The lowest BCUT2D eigenvalue weighted by Gasteiger charge is -1.96. The Balaban J connectivity index is 2.21. The Bertz CT molecular complexity index is 420. The van der Waals surface area contributed by atoms with Crippen LogP contribution in [-0.2, 0) is 6.42 Å². The Morgan fingerprint density at radius 1 is 1.27 bits per heavy atom. The van der Waals surface area contributed by atoms with Gasteiger partial charge < -0.3 is 4.52 Å². The molecule has 3 nitrogen and oxygen atoms in total. The van der Waals surface area contributed by atoms with Crippen molar-refractivity contribution >= 4 is 0 Å². The van der Waals surface area contributed by atoms with Crippen LogP contribution in [0.15, 0.2) is 35.0 Å². The number of nitrogens with zero attached hydrogens (tertiary/aromatic N) is 2. The van der Waals surface area contributed by atoms with Gasteiger partial charge in [0, 0.05) is 18.7 Å². The molecule has 0 aliphatic carbocycles. The van der Waals surface area contributed by atoms with Crippen molar-refractivity contribution in [2.24, 2.45) is 5.92 Å². The van der Waals surface area contributed by atoms with Crippen molar-refractivity contribution in [3.05, 3.63) is 36.2 Å². The molecule has 0 spiro atoms. The molecule has 0 atom stereocenters. The molecule has 2 aromatic heterocycles. The molecule has 0 bridgehead atoms. The van der Waals surface area contributed by atoms with E-state index < -0.39 is 0 Å². The van der Waals surface area contributed by atoms with Gasteiger partial charge >= 0.3 is 0 Å². The highest BCUT2D eigenvalue weighted by atomic mass is 16.5. The minimum absolute atomic E-state index is 0.578. The van der Waals surface area contributed by atoms with E-state index in [-0.39, 0.29) is 0 Å². The highest BCUT2D eigenvalue weighted by Crippen LogP contribution is 2.17. The van der Waals surface area contributed by atoms with Crippen molar-refractivity contribution in [3.63, 3.8) is 0 Å². The fourth-order valence-electron chi connectivity index (χ4n) is 1.45. The summed E-state index contributed by atoms with van der Waals surface area (Å²) >= 11 is 0. The molecule has 0 unspecified atom stereocenters. The lowest BCUT2D eigenvalue weighted by atomic mass is 10.1. The SMILES string of the molecule is CC(C)Cc1cc(-c2ccccn2)no1. The number of hydrogen-bond acceptors (Lipinski definition) is 3. The predicted molar refractivity (Wildman–Crippen MR) is 58.3 cm³/mol. The Hall–Kier alpha value is -1.64. The van der Waals surface area contributed by atoms with Gasteiger partial charge in [-0.15, -0.1) is 0 Å². The zero-order chi connectivity index (χ0) is 10.7. The molecule has 3 heteroatoms. The quantitative estimate of drug-likeness (QED) is 0.768. The molecule has 0 fully saturated rings. The molecule has 2 heterocycles. The van der Waals surface area contributed by atoms with Crippen molar-refractivity contribution in [1.29, 1.82) is 0 Å². The zero-order valence-corrected chi connectivity index (χ0v) is 8.97.